The van der Waals surface area contributed by atoms with Crippen LogP contribution in [0.3, 0.4) is 0 Å². The minimum Gasteiger partial charge on any atom is -0.484 e. The number of ketones is 1. The second-order valence-corrected chi connectivity index (χ2v) is 9.91. The number of hydrogen-bond donors (Lipinski definition) is 1. The summed E-state index contributed by atoms with van der Waals surface area (Å²) in [6, 6.07) is 26.0. The first-order chi connectivity index (χ1) is 17.4. The molecule has 4 rings (SSSR count). The lowest BCUT2D eigenvalue weighted by Crippen LogP contribution is -2.37. The number of amides is 1. The molecule has 0 aliphatic carbocycles. The van der Waals surface area contributed by atoms with E-state index < -0.39 is 0 Å². The molecule has 0 aromatic heterocycles. The summed E-state index contributed by atoms with van der Waals surface area (Å²) < 4.78 is 6.48. The summed E-state index contributed by atoms with van der Waals surface area (Å²) >= 11 is 0. The van der Waals surface area contributed by atoms with Crippen LogP contribution in [0.5, 0.6) is 5.75 Å². The Bertz CT molecular complexity index is 1170. The Labute approximate surface area is 214 Å². The van der Waals surface area contributed by atoms with Crippen molar-refractivity contribution in [1.82, 2.24) is 4.90 Å². The predicted octanol–water partition coefficient (Wildman–Crippen LogP) is 6.48. The predicted molar refractivity (Wildman–Crippen MR) is 145 cm³/mol. The summed E-state index contributed by atoms with van der Waals surface area (Å²) in [5, 5.41) is 3.02. The number of likely N-dealkylation sites (tertiary alicyclic amines) is 1. The van der Waals surface area contributed by atoms with E-state index in [4.69, 9.17) is 4.74 Å². The fourth-order valence-electron chi connectivity index (χ4n) is 4.73. The van der Waals surface area contributed by atoms with Crippen molar-refractivity contribution in [3.63, 3.8) is 0 Å². The van der Waals surface area contributed by atoms with Gasteiger partial charge in [0.25, 0.3) is 0 Å². The van der Waals surface area contributed by atoms with E-state index in [1.54, 1.807) is 6.92 Å². The molecule has 0 bridgehead atoms. The van der Waals surface area contributed by atoms with Gasteiger partial charge in [-0.15, -0.1) is 0 Å². The molecule has 3 aromatic carbocycles. The van der Waals surface area contributed by atoms with Crippen molar-refractivity contribution in [2.75, 3.05) is 25.0 Å². The molecule has 0 saturated carbocycles. The summed E-state index contributed by atoms with van der Waals surface area (Å²) in [7, 11) is 0. The van der Waals surface area contributed by atoms with Crippen molar-refractivity contribution < 1.29 is 14.3 Å². The summed E-state index contributed by atoms with van der Waals surface area (Å²) in [5.41, 5.74) is 3.87. The molecule has 1 N–H and O–H groups in total. The summed E-state index contributed by atoms with van der Waals surface area (Å²) in [4.78, 5) is 26.7. The minimum atomic E-state index is -0.169. The maximum Gasteiger partial charge on any atom is 0.226 e. The quantitative estimate of drug-likeness (QED) is 0.353. The van der Waals surface area contributed by atoms with Crippen molar-refractivity contribution in [3.8, 4) is 5.75 Å². The van der Waals surface area contributed by atoms with Crippen molar-refractivity contribution in [3.05, 3.63) is 95.6 Å². The van der Waals surface area contributed by atoms with Gasteiger partial charge in [-0.3, -0.25) is 14.5 Å². The highest BCUT2D eigenvalue weighted by Crippen LogP contribution is 2.32. The Morgan fingerprint density at radius 3 is 2.33 bits per heavy atom. The minimum absolute atomic E-state index is 0.00467. The number of anilines is 1. The highest BCUT2D eigenvalue weighted by atomic mass is 16.5. The van der Waals surface area contributed by atoms with E-state index in [0.717, 1.165) is 43.7 Å². The highest BCUT2D eigenvalue weighted by molar-refractivity contribution is 5.96. The molecular formula is C31H36N2O3. The molecule has 1 saturated heterocycles. The number of para-hydroxylation sites is 1. The average Bonchev–Trinajstić information content (AvgIpc) is 2.89. The Balaban J connectivity index is 1.43. The number of piperidine rings is 1. The summed E-state index contributed by atoms with van der Waals surface area (Å²) in [6.07, 6.45) is 1.93. The number of ether oxygens (including phenoxy) is 1. The van der Waals surface area contributed by atoms with E-state index in [1.165, 1.54) is 5.56 Å². The monoisotopic (exact) mass is 484 g/mol. The number of carbonyl (C=O) groups excluding carboxylic acids is 2. The third-order valence-electron chi connectivity index (χ3n) is 6.87. The van der Waals surface area contributed by atoms with Crippen LogP contribution in [0.15, 0.2) is 78.9 Å². The molecule has 5 heteroatoms. The zero-order chi connectivity index (χ0) is 25.5. The van der Waals surface area contributed by atoms with Crippen molar-refractivity contribution in [2.24, 2.45) is 5.92 Å². The van der Waals surface area contributed by atoms with Crippen LogP contribution in [0.4, 0.5) is 5.69 Å². The molecule has 0 unspecified atom stereocenters. The van der Waals surface area contributed by atoms with Gasteiger partial charge in [0.15, 0.2) is 5.78 Å². The van der Waals surface area contributed by atoms with Gasteiger partial charge in [-0.25, -0.2) is 0 Å². The molecule has 1 fully saturated rings. The fourth-order valence-corrected chi connectivity index (χ4v) is 4.73. The largest absolute Gasteiger partial charge is 0.484 e. The van der Waals surface area contributed by atoms with Crippen LogP contribution in [0, 0.1) is 5.92 Å². The second kappa shape index (κ2) is 12.0. The number of nitrogens with one attached hydrogen (secondary N) is 1. The first kappa shape index (κ1) is 25.6. The molecule has 0 radical (unpaired) electrons. The molecule has 1 aliphatic heterocycles. The summed E-state index contributed by atoms with van der Waals surface area (Å²) in [6.45, 7) is 8.07. The lowest BCUT2D eigenvalue weighted by molar-refractivity contribution is -0.118. The first-order valence-corrected chi connectivity index (χ1v) is 12.9. The van der Waals surface area contributed by atoms with Gasteiger partial charge in [0, 0.05) is 18.2 Å². The number of rotatable bonds is 9. The molecule has 36 heavy (non-hydrogen) atoms. The Morgan fingerprint density at radius 2 is 1.64 bits per heavy atom. The van der Waals surface area contributed by atoms with Crippen LogP contribution in [-0.4, -0.2) is 36.2 Å². The van der Waals surface area contributed by atoms with E-state index in [2.05, 4.69) is 34.5 Å². The molecule has 188 valence electrons. The number of benzene rings is 3. The summed E-state index contributed by atoms with van der Waals surface area (Å²) in [5.74, 6) is 1.10. The second-order valence-electron chi connectivity index (χ2n) is 9.91. The smallest absolute Gasteiger partial charge is 0.226 e. The van der Waals surface area contributed by atoms with Crippen LogP contribution in [0.25, 0.3) is 0 Å². The van der Waals surface area contributed by atoms with Crippen LogP contribution < -0.4 is 10.1 Å². The lowest BCUT2D eigenvalue weighted by atomic mass is 9.89. The zero-order valence-corrected chi connectivity index (χ0v) is 21.4. The maximum absolute atomic E-state index is 12.1. The molecule has 1 amide bonds. The average molecular weight is 485 g/mol. The Kier molecular flexibility index (Phi) is 8.55. The van der Waals surface area contributed by atoms with E-state index >= 15 is 0 Å². The fraction of sp³-hybridized carbons (Fsp3) is 0.355. The number of Topliss-reactive ketones (excluding diaryl/α,β-unsaturated/α-hetero) is 1. The number of nitrogens with zero attached hydrogens (tertiary/aromatic N) is 1. The van der Waals surface area contributed by atoms with Gasteiger partial charge in [-0.05, 0) is 74.2 Å². The maximum atomic E-state index is 12.1. The van der Waals surface area contributed by atoms with E-state index in [-0.39, 0.29) is 23.7 Å². The number of hydrogen-bond acceptors (Lipinski definition) is 4. The van der Waals surface area contributed by atoms with Crippen molar-refractivity contribution in [2.45, 2.75) is 45.6 Å². The normalized spacial score (nSPS) is 15.4. The van der Waals surface area contributed by atoms with Gasteiger partial charge in [-0.1, -0.05) is 68.4 Å². The van der Waals surface area contributed by atoms with Crippen molar-refractivity contribution in [1.29, 1.82) is 0 Å². The van der Waals surface area contributed by atoms with Gasteiger partial charge in [0.2, 0.25) is 5.91 Å². The first-order valence-electron chi connectivity index (χ1n) is 12.9. The van der Waals surface area contributed by atoms with E-state index in [0.29, 0.717) is 17.2 Å². The Hall–Kier alpha value is -3.44. The van der Waals surface area contributed by atoms with Crippen LogP contribution in [0.1, 0.15) is 67.1 Å². The Morgan fingerprint density at radius 1 is 0.944 bits per heavy atom. The number of carbonyl (C=O) groups is 2. The third kappa shape index (κ3) is 6.61. The molecule has 1 heterocycles. The third-order valence-corrected chi connectivity index (χ3v) is 6.87. The molecule has 1 atom stereocenters. The SMILES string of the molecule is CC(=O)c1ccccc1O[C@@H](CN1CCC(c2cccc(NC(=O)C(C)C)c2)CC1)c1ccccc1. The van der Waals surface area contributed by atoms with Gasteiger partial charge < -0.3 is 10.1 Å². The van der Waals surface area contributed by atoms with E-state index in [9.17, 15) is 9.59 Å². The topological polar surface area (TPSA) is 58.6 Å². The van der Waals surface area contributed by atoms with Crippen LogP contribution >= 0.6 is 0 Å². The van der Waals surface area contributed by atoms with E-state index in [1.807, 2.05) is 68.4 Å². The highest BCUT2D eigenvalue weighted by Gasteiger charge is 2.25. The van der Waals surface area contributed by atoms with Gasteiger partial charge in [0.05, 0.1) is 5.56 Å². The van der Waals surface area contributed by atoms with Crippen molar-refractivity contribution >= 4 is 17.4 Å². The van der Waals surface area contributed by atoms with Crippen LogP contribution in [0.2, 0.25) is 0 Å². The molecule has 5 nitrogen and oxygen atoms in total. The molecule has 1 aliphatic rings. The lowest BCUT2D eigenvalue weighted by Gasteiger charge is -2.35. The van der Waals surface area contributed by atoms with Gasteiger partial charge >= 0.3 is 0 Å². The van der Waals surface area contributed by atoms with Gasteiger partial charge in [-0.2, -0.15) is 0 Å². The zero-order valence-electron chi connectivity index (χ0n) is 21.4. The van der Waals surface area contributed by atoms with Gasteiger partial charge in [0.1, 0.15) is 11.9 Å². The molecule has 0 spiro atoms. The molecular weight excluding hydrogens is 448 g/mol. The standard InChI is InChI=1S/C31H36N2O3/c1-22(2)31(35)32-27-13-9-12-26(20-27)24-16-18-33(19-17-24)21-30(25-10-5-4-6-11-25)36-29-15-8-7-14-28(29)23(3)34/h4-15,20,22,24,30H,16-19,21H2,1-3H3,(H,32,35)/t30-/m0/s1. The molecule has 3 aromatic rings. The van der Waals surface area contributed by atoms with Crippen LogP contribution in [-0.2, 0) is 4.79 Å².